The second-order valence-electron chi connectivity index (χ2n) is 8.01. The van der Waals surface area contributed by atoms with Crippen LogP contribution in [0.5, 0.6) is 0 Å². The minimum atomic E-state index is -0.216. The Morgan fingerprint density at radius 2 is 1.50 bits per heavy atom. The molecule has 0 spiro atoms. The lowest BCUT2D eigenvalue weighted by Gasteiger charge is -2.41. The molecule has 0 amide bonds. The van der Waals surface area contributed by atoms with E-state index in [-0.39, 0.29) is 5.54 Å². The number of nitrogens with two attached hydrogens (primary N) is 1. The number of hydrogen-bond donors (Lipinski definition) is 2. The van der Waals surface area contributed by atoms with Crippen molar-refractivity contribution in [3.63, 3.8) is 0 Å². The van der Waals surface area contributed by atoms with E-state index in [0.717, 1.165) is 18.8 Å². The van der Waals surface area contributed by atoms with E-state index in [4.69, 9.17) is 5.73 Å². The van der Waals surface area contributed by atoms with E-state index < -0.39 is 0 Å². The summed E-state index contributed by atoms with van der Waals surface area (Å²) >= 11 is 0. The predicted octanol–water partition coefficient (Wildman–Crippen LogP) is 5.18. The van der Waals surface area contributed by atoms with Crippen LogP contribution < -0.4 is 11.1 Å². The molecular formula is C22H38N2. The van der Waals surface area contributed by atoms with Crippen LogP contribution >= 0.6 is 0 Å². The second-order valence-corrected chi connectivity index (χ2v) is 8.01. The maximum Gasteiger partial charge on any atom is 0.0461 e. The molecule has 136 valence electrons. The summed E-state index contributed by atoms with van der Waals surface area (Å²) < 4.78 is 0. The van der Waals surface area contributed by atoms with E-state index in [1.54, 1.807) is 0 Å². The van der Waals surface area contributed by atoms with E-state index in [1.165, 1.54) is 36.8 Å². The first-order chi connectivity index (χ1) is 11.5. The summed E-state index contributed by atoms with van der Waals surface area (Å²) in [7, 11) is 2.09. The normalized spacial score (nSPS) is 26.6. The van der Waals surface area contributed by atoms with Crippen LogP contribution in [0.4, 0.5) is 0 Å². The standard InChI is InChI=1S/C22H38N2/c1-6-16(3)22(23,17(4)7-2)20-12-8-18(9-13-20)19-10-14-21(24-5)15-11-19/h8-9,12-13,16-17,19,21,24H,6-7,10-11,14-15,23H2,1-5H3. The van der Waals surface area contributed by atoms with Gasteiger partial charge in [0.2, 0.25) is 0 Å². The molecule has 1 saturated carbocycles. The summed E-state index contributed by atoms with van der Waals surface area (Å²) in [5.74, 6) is 1.71. The van der Waals surface area contributed by atoms with Gasteiger partial charge < -0.3 is 11.1 Å². The second kappa shape index (κ2) is 8.49. The van der Waals surface area contributed by atoms with Gasteiger partial charge in [0.25, 0.3) is 0 Å². The van der Waals surface area contributed by atoms with Gasteiger partial charge in [-0.05, 0) is 61.6 Å². The molecule has 2 heteroatoms. The van der Waals surface area contributed by atoms with Crippen LogP contribution in [0.25, 0.3) is 0 Å². The molecule has 2 rings (SSSR count). The first-order valence-electron chi connectivity index (χ1n) is 10.0. The predicted molar refractivity (Wildman–Crippen MR) is 105 cm³/mol. The maximum absolute atomic E-state index is 6.98. The molecule has 1 fully saturated rings. The zero-order valence-electron chi connectivity index (χ0n) is 16.4. The summed E-state index contributed by atoms with van der Waals surface area (Å²) in [6.45, 7) is 9.12. The molecule has 2 nitrogen and oxygen atoms in total. The third-order valence-corrected chi connectivity index (χ3v) is 6.87. The molecule has 0 heterocycles. The zero-order valence-corrected chi connectivity index (χ0v) is 16.4. The van der Waals surface area contributed by atoms with E-state index in [1.807, 2.05) is 0 Å². The highest BCUT2D eigenvalue weighted by Gasteiger charge is 2.37. The largest absolute Gasteiger partial charge is 0.321 e. The van der Waals surface area contributed by atoms with Gasteiger partial charge in [-0.3, -0.25) is 0 Å². The van der Waals surface area contributed by atoms with Gasteiger partial charge in [0.15, 0.2) is 0 Å². The number of nitrogens with one attached hydrogen (secondary N) is 1. The van der Waals surface area contributed by atoms with Crippen LogP contribution in [0.15, 0.2) is 24.3 Å². The third kappa shape index (κ3) is 3.86. The average Bonchev–Trinajstić information content (AvgIpc) is 2.66. The van der Waals surface area contributed by atoms with Crippen LogP contribution in [0.1, 0.15) is 83.3 Å². The van der Waals surface area contributed by atoms with Gasteiger partial charge in [-0.2, -0.15) is 0 Å². The van der Waals surface area contributed by atoms with Crippen LogP contribution in [0, 0.1) is 11.8 Å². The lowest BCUT2D eigenvalue weighted by molar-refractivity contribution is 0.188. The van der Waals surface area contributed by atoms with Gasteiger partial charge in [0.1, 0.15) is 0 Å². The van der Waals surface area contributed by atoms with Crippen molar-refractivity contribution in [1.82, 2.24) is 5.32 Å². The first kappa shape index (κ1) is 19.5. The maximum atomic E-state index is 6.98. The van der Waals surface area contributed by atoms with E-state index in [0.29, 0.717) is 17.9 Å². The Morgan fingerprint density at radius 3 is 1.92 bits per heavy atom. The van der Waals surface area contributed by atoms with Crippen molar-refractivity contribution in [3.05, 3.63) is 35.4 Å². The van der Waals surface area contributed by atoms with Gasteiger partial charge in [-0.1, -0.05) is 64.8 Å². The summed E-state index contributed by atoms with van der Waals surface area (Å²) in [6.07, 6.45) is 7.44. The highest BCUT2D eigenvalue weighted by Crippen LogP contribution is 2.39. The first-order valence-corrected chi connectivity index (χ1v) is 10.0. The number of rotatable bonds is 7. The highest BCUT2D eigenvalue weighted by atomic mass is 14.9. The highest BCUT2D eigenvalue weighted by molar-refractivity contribution is 5.31. The molecule has 0 saturated heterocycles. The monoisotopic (exact) mass is 330 g/mol. The molecule has 0 radical (unpaired) electrons. The van der Waals surface area contributed by atoms with Crippen molar-refractivity contribution in [1.29, 1.82) is 0 Å². The summed E-state index contributed by atoms with van der Waals surface area (Å²) in [6, 6.07) is 10.1. The van der Waals surface area contributed by atoms with E-state index in [2.05, 4.69) is 64.3 Å². The molecule has 1 aliphatic rings. The molecule has 2 atom stereocenters. The van der Waals surface area contributed by atoms with Crippen molar-refractivity contribution in [2.24, 2.45) is 17.6 Å². The van der Waals surface area contributed by atoms with Crippen molar-refractivity contribution in [3.8, 4) is 0 Å². The molecular weight excluding hydrogens is 292 g/mol. The Balaban J connectivity index is 2.18. The van der Waals surface area contributed by atoms with Gasteiger partial charge in [0, 0.05) is 11.6 Å². The third-order valence-electron chi connectivity index (χ3n) is 6.87. The fourth-order valence-electron chi connectivity index (χ4n) is 4.49. The fourth-order valence-corrected chi connectivity index (χ4v) is 4.49. The zero-order chi connectivity index (χ0) is 17.7. The molecule has 2 unspecified atom stereocenters. The SMILES string of the molecule is CCC(C)C(N)(c1ccc(C2CCC(NC)CC2)cc1)C(C)CC. The van der Waals surface area contributed by atoms with Crippen molar-refractivity contribution < 1.29 is 0 Å². The smallest absolute Gasteiger partial charge is 0.0461 e. The Kier molecular flexibility index (Phi) is 6.88. The fraction of sp³-hybridized carbons (Fsp3) is 0.727. The van der Waals surface area contributed by atoms with E-state index >= 15 is 0 Å². The minimum absolute atomic E-state index is 0.216. The van der Waals surface area contributed by atoms with Crippen LogP contribution in [-0.2, 0) is 5.54 Å². The van der Waals surface area contributed by atoms with Crippen LogP contribution in [-0.4, -0.2) is 13.1 Å². The molecule has 0 bridgehead atoms. The van der Waals surface area contributed by atoms with E-state index in [9.17, 15) is 0 Å². The van der Waals surface area contributed by atoms with Gasteiger partial charge in [0.05, 0.1) is 0 Å². The van der Waals surface area contributed by atoms with Crippen LogP contribution in [0.3, 0.4) is 0 Å². The van der Waals surface area contributed by atoms with Gasteiger partial charge in [-0.15, -0.1) is 0 Å². The molecule has 24 heavy (non-hydrogen) atoms. The topological polar surface area (TPSA) is 38.0 Å². The molecule has 1 aliphatic carbocycles. The Morgan fingerprint density at radius 1 is 1.00 bits per heavy atom. The molecule has 0 aromatic heterocycles. The Bertz CT molecular complexity index is 475. The van der Waals surface area contributed by atoms with Gasteiger partial charge in [-0.25, -0.2) is 0 Å². The Labute approximate surface area is 149 Å². The number of benzene rings is 1. The lowest BCUT2D eigenvalue weighted by atomic mass is 9.69. The van der Waals surface area contributed by atoms with Crippen molar-refractivity contribution in [2.75, 3.05) is 7.05 Å². The average molecular weight is 331 g/mol. The van der Waals surface area contributed by atoms with Crippen molar-refractivity contribution in [2.45, 2.75) is 83.7 Å². The lowest BCUT2D eigenvalue weighted by Crippen LogP contribution is -2.48. The quantitative estimate of drug-likeness (QED) is 0.723. The molecule has 1 aromatic carbocycles. The van der Waals surface area contributed by atoms with Crippen LogP contribution in [0.2, 0.25) is 0 Å². The van der Waals surface area contributed by atoms with Crippen molar-refractivity contribution >= 4 is 0 Å². The number of hydrogen-bond acceptors (Lipinski definition) is 2. The summed E-state index contributed by atoms with van der Waals surface area (Å²) in [4.78, 5) is 0. The summed E-state index contributed by atoms with van der Waals surface area (Å²) in [5, 5.41) is 3.43. The minimum Gasteiger partial charge on any atom is -0.321 e. The molecule has 3 N–H and O–H groups in total. The Hall–Kier alpha value is -0.860. The molecule has 1 aromatic rings. The molecule has 0 aliphatic heterocycles. The summed E-state index contributed by atoms with van der Waals surface area (Å²) in [5.41, 5.74) is 9.59. The van der Waals surface area contributed by atoms with Gasteiger partial charge >= 0.3 is 0 Å².